The summed E-state index contributed by atoms with van der Waals surface area (Å²) in [5, 5.41) is 3.92. The predicted molar refractivity (Wildman–Crippen MR) is 70.4 cm³/mol. The van der Waals surface area contributed by atoms with Crippen molar-refractivity contribution in [3.63, 3.8) is 0 Å². The number of imidazole rings is 1. The van der Waals surface area contributed by atoms with Crippen LogP contribution in [0.3, 0.4) is 0 Å². The topological polar surface area (TPSA) is 33.1 Å². The summed E-state index contributed by atoms with van der Waals surface area (Å²) in [6, 6.07) is 0.334. The van der Waals surface area contributed by atoms with Crippen LogP contribution >= 0.6 is 11.6 Å². The zero-order chi connectivity index (χ0) is 12.4. The van der Waals surface area contributed by atoms with Crippen molar-refractivity contribution in [3.05, 3.63) is 16.7 Å². The Bertz CT molecular complexity index is 382. The minimum Gasteiger partial charge on any atom is -0.333 e. The molecule has 1 N–H and O–H groups in total. The van der Waals surface area contributed by atoms with E-state index in [0.717, 1.165) is 31.2 Å². The lowest BCUT2D eigenvalue weighted by atomic mass is 10.2. The second-order valence-electron chi connectivity index (χ2n) is 4.71. The number of aromatic nitrogens is 2. The molecule has 96 valence electrons. The van der Waals surface area contributed by atoms with Crippen LogP contribution in [0.2, 0.25) is 5.15 Å². The number of hydrogen-bond acceptors (Lipinski definition) is 3. The highest BCUT2D eigenvalue weighted by molar-refractivity contribution is 6.30. The van der Waals surface area contributed by atoms with Gasteiger partial charge in [-0.05, 0) is 39.9 Å². The lowest BCUT2D eigenvalue weighted by Crippen LogP contribution is -2.34. The fourth-order valence-electron chi connectivity index (χ4n) is 2.59. The Morgan fingerprint density at radius 1 is 1.41 bits per heavy atom. The fourth-order valence-corrected chi connectivity index (χ4v) is 2.97. The fraction of sp³-hybridized carbons (Fsp3) is 0.750. The first-order chi connectivity index (χ1) is 8.15. The van der Waals surface area contributed by atoms with Crippen LogP contribution in [0.1, 0.15) is 30.4 Å². The van der Waals surface area contributed by atoms with Gasteiger partial charge >= 0.3 is 0 Å². The molecule has 1 fully saturated rings. The van der Waals surface area contributed by atoms with E-state index in [1.807, 2.05) is 21.0 Å². The molecular formula is C12H21ClN4. The zero-order valence-corrected chi connectivity index (χ0v) is 11.6. The molecule has 1 saturated heterocycles. The Morgan fingerprint density at radius 3 is 2.53 bits per heavy atom. The number of aryl methyl sites for hydroxylation is 1. The van der Waals surface area contributed by atoms with Crippen molar-refractivity contribution < 1.29 is 0 Å². The third-order valence-corrected chi connectivity index (χ3v) is 3.89. The Hall–Kier alpha value is -0.580. The van der Waals surface area contributed by atoms with Crippen LogP contribution in [0.4, 0.5) is 0 Å². The maximum absolute atomic E-state index is 6.27. The van der Waals surface area contributed by atoms with Gasteiger partial charge in [-0.1, -0.05) is 11.6 Å². The molecule has 17 heavy (non-hydrogen) atoms. The van der Waals surface area contributed by atoms with E-state index in [-0.39, 0.29) is 0 Å². The van der Waals surface area contributed by atoms with Gasteiger partial charge in [-0.15, -0.1) is 0 Å². The first-order valence-electron chi connectivity index (χ1n) is 6.22. The number of nitrogens with one attached hydrogen (secondary N) is 1. The van der Waals surface area contributed by atoms with Crippen molar-refractivity contribution in [3.8, 4) is 0 Å². The third kappa shape index (κ3) is 2.49. The van der Waals surface area contributed by atoms with Crippen LogP contribution < -0.4 is 5.32 Å². The molecule has 0 bridgehead atoms. The Morgan fingerprint density at radius 2 is 2.06 bits per heavy atom. The molecule has 0 radical (unpaired) electrons. The highest BCUT2D eigenvalue weighted by Gasteiger charge is 2.28. The van der Waals surface area contributed by atoms with Gasteiger partial charge < -0.3 is 9.88 Å². The first-order valence-corrected chi connectivity index (χ1v) is 6.60. The quantitative estimate of drug-likeness (QED) is 0.891. The summed E-state index contributed by atoms with van der Waals surface area (Å²) in [6.07, 6.45) is 2.57. The highest BCUT2D eigenvalue weighted by Crippen LogP contribution is 2.29. The molecule has 2 rings (SSSR count). The van der Waals surface area contributed by atoms with E-state index < -0.39 is 0 Å². The molecule has 0 spiro atoms. The SMILES string of the molecule is CNCC(c1c(Cl)nc(C)n1C)N1CCCC1. The lowest BCUT2D eigenvalue weighted by Gasteiger charge is -2.28. The summed E-state index contributed by atoms with van der Waals surface area (Å²) in [6.45, 7) is 5.23. The average molecular weight is 257 g/mol. The molecule has 0 aromatic carbocycles. The summed E-state index contributed by atoms with van der Waals surface area (Å²) in [7, 11) is 4.03. The molecule has 1 aliphatic heterocycles. The Labute approximate surface area is 108 Å². The maximum Gasteiger partial charge on any atom is 0.152 e. The van der Waals surface area contributed by atoms with Crippen LogP contribution in [0.5, 0.6) is 0 Å². The van der Waals surface area contributed by atoms with Crippen molar-refractivity contribution in [2.45, 2.75) is 25.8 Å². The molecule has 1 aliphatic rings. The van der Waals surface area contributed by atoms with E-state index in [1.54, 1.807) is 0 Å². The molecule has 1 aromatic rings. The van der Waals surface area contributed by atoms with Crippen molar-refractivity contribution in [1.29, 1.82) is 0 Å². The van der Waals surface area contributed by atoms with Crippen molar-refractivity contribution in [1.82, 2.24) is 19.8 Å². The van der Waals surface area contributed by atoms with Gasteiger partial charge in [0.15, 0.2) is 5.15 Å². The predicted octanol–water partition coefficient (Wildman–Crippen LogP) is 1.74. The van der Waals surface area contributed by atoms with E-state index in [1.165, 1.54) is 12.8 Å². The summed E-state index contributed by atoms with van der Waals surface area (Å²) in [5.41, 5.74) is 1.14. The number of hydrogen-bond donors (Lipinski definition) is 1. The Kier molecular flexibility index (Phi) is 4.07. The molecule has 0 amide bonds. The van der Waals surface area contributed by atoms with Gasteiger partial charge in [0.2, 0.25) is 0 Å². The molecule has 1 aromatic heterocycles. The number of likely N-dealkylation sites (N-methyl/N-ethyl adjacent to an activating group) is 1. The van der Waals surface area contributed by atoms with Crippen molar-refractivity contribution in [2.24, 2.45) is 7.05 Å². The smallest absolute Gasteiger partial charge is 0.152 e. The van der Waals surface area contributed by atoms with Crippen LogP contribution in [-0.4, -0.2) is 41.1 Å². The number of rotatable bonds is 4. The Balaban J connectivity index is 2.30. The minimum atomic E-state index is 0.334. The second kappa shape index (κ2) is 5.38. The molecule has 1 atom stereocenters. The standard InChI is InChI=1S/C12H21ClN4/c1-9-15-12(13)11(16(9)3)10(8-14-2)17-6-4-5-7-17/h10,14H,4-8H2,1-3H3. The summed E-state index contributed by atoms with van der Waals surface area (Å²) in [4.78, 5) is 6.86. The first kappa shape index (κ1) is 12.9. The van der Waals surface area contributed by atoms with Crippen LogP contribution in [0.25, 0.3) is 0 Å². The van der Waals surface area contributed by atoms with Gasteiger partial charge in [0.05, 0.1) is 11.7 Å². The number of halogens is 1. The van der Waals surface area contributed by atoms with E-state index >= 15 is 0 Å². The lowest BCUT2D eigenvalue weighted by molar-refractivity contribution is 0.234. The maximum atomic E-state index is 6.27. The molecule has 4 nitrogen and oxygen atoms in total. The van der Waals surface area contributed by atoms with Crippen molar-refractivity contribution in [2.75, 3.05) is 26.7 Å². The average Bonchev–Trinajstić information content (AvgIpc) is 2.88. The molecule has 2 heterocycles. The minimum absolute atomic E-state index is 0.334. The summed E-state index contributed by atoms with van der Waals surface area (Å²) < 4.78 is 2.11. The van der Waals surface area contributed by atoms with Gasteiger partial charge in [0.25, 0.3) is 0 Å². The summed E-state index contributed by atoms with van der Waals surface area (Å²) >= 11 is 6.27. The number of nitrogens with zero attached hydrogens (tertiary/aromatic N) is 3. The van der Waals surface area contributed by atoms with Crippen LogP contribution in [0, 0.1) is 6.92 Å². The van der Waals surface area contributed by atoms with E-state index in [4.69, 9.17) is 11.6 Å². The van der Waals surface area contributed by atoms with E-state index in [2.05, 4.69) is 19.8 Å². The third-order valence-electron chi connectivity index (χ3n) is 3.61. The van der Waals surface area contributed by atoms with Gasteiger partial charge in [-0.25, -0.2) is 4.98 Å². The number of likely N-dealkylation sites (tertiary alicyclic amines) is 1. The molecule has 5 heteroatoms. The second-order valence-corrected chi connectivity index (χ2v) is 5.07. The highest BCUT2D eigenvalue weighted by atomic mass is 35.5. The van der Waals surface area contributed by atoms with Crippen molar-refractivity contribution >= 4 is 11.6 Å². The largest absolute Gasteiger partial charge is 0.333 e. The van der Waals surface area contributed by atoms with Crippen LogP contribution in [-0.2, 0) is 7.05 Å². The molecular weight excluding hydrogens is 236 g/mol. The monoisotopic (exact) mass is 256 g/mol. The molecule has 1 unspecified atom stereocenters. The van der Waals surface area contributed by atoms with Gasteiger partial charge in [-0.2, -0.15) is 0 Å². The van der Waals surface area contributed by atoms with E-state index in [9.17, 15) is 0 Å². The normalized spacial score (nSPS) is 18.8. The van der Waals surface area contributed by atoms with Gasteiger partial charge in [0.1, 0.15) is 5.82 Å². The summed E-state index contributed by atoms with van der Waals surface area (Å²) in [5.74, 6) is 0.977. The van der Waals surface area contributed by atoms with Crippen LogP contribution in [0.15, 0.2) is 0 Å². The van der Waals surface area contributed by atoms with Gasteiger partial charge in [-0.3, -0.25) is 4.90 Å². The molecule has 0 saturated carbocycles. The van der Waals surface area contributed by atoms with E-state index in [0.29, 0.717) is 11.2 Å². The molecule has 0 aliphatic carbocycles. The zero-order valence-electron chi connectivity index (χ0n) is 10.8. The van der Waals surface area contributed by atoms with Gasteiger partial charge in [0, 0.05) is 13.6 Å².